The van der Waals surface area contributed by atoms with E-state index in [1.165, 1.54) is 32.4 Å². The Morgan fingerprint density at radius 3 is 2.62 bits per heavy atom. The largest absolute Gasteiger partial charge is 0.393 e. The molecule has 0 radical (unpaired) electrons. The van der Waals surface area contributed by atoms with Crippen LogP contribution in [0.15, 0.2) is 0 Å². The molecule has 0 aromatic carbocycles. The summed E-state index contributed by atoms with van der Waals surface area (Å²) in [6.07, 6.45) is 4.95. The summed E-state index contributed by atoms with van der Waals surface area (Å²) in [5, 5.41) is 0. The molecule has 2 nitrogen and oxygen atoms in total. The molecular formula is C10H20N2S. The summed E-state index contributed by atoms with van der Waals surface area (Å²) in [7, 11) is 0. The van der Waals surface area contributed by atoms with E-state index in [4.69, 9.17) is 18.0 Å². The van der Waals surface area contributed by atoms with Crippen LogP contribution < -0.4 is 5.73 Å². The van der Waals surface area contributed by atoms with E-state index >= 15 is 0 Å². The van der Waals surface area contributed by atoms with Crippen molar-refractivity contribution in [3.63, 3.8) is 0 Å². The first kappa shape index (κ1) is 10.9. The second kappa shape index (κ2) is 5.55. The minimum Gasteiger partial charge on any atom is -0.393 e. The van der Waals surface area contributed by atoms with Gasteiger partial charge in [0.15, 0.2) is 0 Å². The van der Waals surface area contributed by atoms with Gasteiger partial charge in [-0.3, -0.25) is 0 Å². The third-order valence-electron chi connectivity index (χ3n) is 2.43. The van der Waals surface area contributed by atoms with Gasteiger partial charge in [0.1, 0.15) is 0 Å². The first-order chi connectivity index (χ1) is 6.22. The van der Waals surface area contributed by atoms with Crippen LogP contribution in [-0.4, -0.2) is 29.5 Å². The Morgan fingerprint density at radius 2 is 2.15 bits per heavy atom. The van der Waals surface area contributed by atoms with Gasteiger partial charge in [0.25, 0.3) is 0 Å². The van der Waals surface area contributed by atoms with E-state index < -0.39 is 0 Å². The maximum atomic E-state index is 5.49. The van der Waals surface area contributed by atoms with Gasteiger partial charge in [-0.25, -0.2) is 0 Å². The van der Waals surface area contributed by atoms with Crippen molar-refractivity contribution in [2.45, 2.75) is 32.6 Å². The van der Waals surface area contributed by atoms with E-state index in [-0.39, 0.29) is 0 Å². The summed E-state index contributed by atoms with van der Waals surface area (Å²) in [5.41, 5.74) is 5.49. The van der Waals surface area contributed by atoms with E-state index in [1.54, 1.807) is 0 Å². The fourth-order valence-electron chi connectivity index (χ4n) is 1.54. The predicted octanol–water partition coefficient (Wildman–Crippen LogP) is 1.78. The molecule has 0 saturated heterocycles. The quantitative estimate of drug-likeness (QED) is 0.635. The molecule has 0 unspecified atom stereocenters. The molecule has 0 bridgehead atoms. The van der Waals surface area contributed by atoms with Crippen LogP contribution in [0.2, 0.25) is 0 Å². The number of hydrogen-bond acceptors (Lipinski definition) is 2. The lowest BCUT2D eigenvalue weighted by atomic mass is 10.3. The normalized spacial score (nSPS) is 16.5. The van der Waals surface area contributed by atoms with Crippen molar-refractivity contribution in [1.82, 2.24) is 4.90 Å². The molecule has 0 aromatic rings. The van der Waals surface area contributed by atoms with Crippen LogP contribution in [0.3, 0.4) is 0 Å². The maximum Gasteiger partial charge on any atom is 0.0740 e. The van der Waals surface area contributed by atoms with Crippen LogP contribution in [0.25, 0.3) is 0 Å². The molecule has 13 heavy (non-hydrogen) atoms. The van der Waals surface area contributed by atoms with Crippen molar-refractivity contribution < 1.29 is 0 Å². The lowest BCUT2D eigenvalue weighted by Gasteiger charge is -2.20. The van der Waals surface area contributed by atoms with Gasteiger partial charge in [-0.15, -0.1) is 0 Å². The third kappa shape index (κ3) is 5.21. The molecule has 3 heteroatoms. The maximum absolute atomic E-state index is 5.49. The van der Waals surface area contributed by atoms with E-state index in [0.29, 0.717) is 4.99 Å². The average molecular weight is 200 g/mol. The molecular weight excluding hydrogens is 180 g/mol. The van der Waals surface area contributed by atoms with Crippen LogP contribution in [0.4, 0.5) is 0 Å². The highest BCUT2D eigenvalue weighted by atomic mass is 32.1. The van der Waals surface area contributed by atoms with Gasteiger partial charge in [-0.05, 0) is 31.7 Å². The van der Waals surface area contributed by atoms with Crippen LogP contribution in [-0.2, 0) is 0 Å². The average Bonchev–Trinajstić information content (AvgIpc) is 2.84. The Kier molecular flexibility index (Phi) is 4.67. The zero-order valence-corrected chi connectivity index (χ0v) is 9.28. The molecule has 0 spiro atoms. The van der Waals surface area contributed by atoms with Crippen molar-refractivity contribution in [3.05, 3.63) is 0 Å². The fraction of sp³-hybridized carbons (Fsp3) is 0.900. The third-order valence-corrected chi connectivity index (χ3v) is 2.63. The summed E-state index contributed by atoms with van der Waals surface area (Å²) < 4.78 is 0. The summed E-state index contributed by atoms with van der Waals surface area (Å²) in [6.45, 7) is 5.73. The molecule has 1 aliphatic rings. The molecule has 0 atom stereocenters. The van der Waals surface area contributed by atoms with Crippen molar-refractivity contribution in [1.29, 1.82) is 0 Å². The number of nitrogens with zero attached hydrogens (tertiary/aromatic N) is 1. The molecule has 0 aromatic heterocycles. The fourth-order valence-corrected chi connectivity index (χ4v) is 1.64. The second-order valence-corrected chi connectivity index (χ2v) is 4.48. The minimum atomic E-state index is 0.650. The molecule has 0 aliphatic heterocycles. The standard InChI is InChI=1S/C10H20N2S/c1-2-6-12(7-5-10(11)13)8-9-3-4-9/h9H,2-8H2,1H3,(H2,11,13). The molecule has 1 rings (SSSR count). The zero-order valence-electron chi connectivity index (χ0n) is 8.46. The number of thiocarbonyl (C=S) groups is 1. The second-order valence-electron chi connectivity index (χ2n) is 3.96. The smallest absolute Gasteiger partial charge is 0.0740 e. The van der Waals surface area contributed by atoms with E-state index in [2.05, 4.69) is 11.8 Å². The van der Waals surface area contributed by atoms with Crippen molar-refractivity contribution >= 4 is 17.2 Å². The molecule has 1 aliphatic carbocycles. The molecule has 1 fully saturated rings. The van der Waals surface area contributed by atoms with Crippen LogP contribution >= 0.6 is 12.2 Å². The Bertz CT molecular complexity index is 166. The van der Waals surface area contributed by atoms with Crippen molar-refractivity contribution in [2.24, 2.45) is 11.7 Å². The van der Waals surface area contributed by atoms with Gasteiger partial charge in [0.05, 0.1) is 4.99 Å². The van der Waals surface area contributed by atoms with Crippen molar-refractivity contribution in [3.8, 4) is 0 Å². The van der Waals surface area contributed by atoms with Crippen molar-refractivity contribution in [2.75, 3.05) is 19.6 Å². The van der Waals surface area contributed by atoms with E-state index in [1.807, 2.05) is 0 Å². The highest BCUT2D eigenvalue weighted by Gasteiger charge is 2.23. The first-order valence-corrected chi connectivity index (χ1v) is 5.64. The summed E-state index contributed by atoms with van der Waals surface area (Å²) in [6, 6.07) is 0. The Hall–Kier alpha value is -0.150. The van der Waals surface area contributed by atoms with Gasteiger partial charge in [-0.1, -0.05) is 19.1 Å². The number of nitrogens with two attached hydrogens (primary N) is 1. The van der Waals surface area contributed by atoms with E-state index in [9.17, 15) is 0 Å². The van der Waals surface area contributed by atoms with Gasteiger partial charge in [-0.2, -0.15) is 0 Å². The SMILES string of the molecule is CCCN(CCC(N)=S)CC1CC1. The predicted molar refractivity (Wildman–Crippen MR) is 60.9 cm³/mol. The highest BCUT2D eigenvalue weighted by molar-refractivity contribution is 7.80. The molecule has 2 N–H and O–H groups in total. The van der Waals surface area contributed by atoms with Crippen LogP contribution in [0.1, 0.15) is 32.6 Å². The summed E-state index contributed by atoms with van der Waals surface area (Å²) in [5.74, 6) is 0.970. The zero-order chi connectivity index (χ0) is 9.68. The van der Waals surface area contributed by atoms with Crippen LogP contribution in [0, 0.1) is 5.92 Å². The van der Waals surface area contributed by atoms with Crippen LogP contribution in [0.5, 0.6) is 0 Å². The Labute approximate surface area is 86.5 Å². The van der Waals surface area contributed by atoms with E-state index in [0.717, 1.165) is 18.9 Å². The lowest BCUT2D eigenvalue weighted by Crippen LogP contribution is -2.30. The number of rotatable bonds is 7. The minimum absolute atomic E-state index is 0.650. The molecule has 76 valence electrons. The lowest BCUT2D eigenvalue weighted by molar-refractivity contribution is 0.271. The monoisotopic (exact) mass is 200 g/mol. The highest BCUT2D eigenvalue weighted by Crippen LogP contribution is 2.29. The van der Waals surface area contributed by atoms with Gasteiger partial charge in [0, 0.05) is 19.5 Å². The van der Waals surface area contributed by atoms with Gasteiger partial charge < -0.3 is 10.6 Å². The summed E-state index contributed by atoms with van der Waals surface area (Å²) in [4.78, 5) is 3.15. The Balaban J connectivity index is 2.15. The van der Waals surface area contributed by atoms with Gasteiger partial charge in [0.2, 0.25) is 0 Å². The first-order valence-electron chi connectivity index (χ1n) is 5.23. The molecule has 0 heterocycles. The summed E-state index contributed by atoms with van der Waals surface area (Å²) >= 11 is 4.88. The Morgan fingerprint density at radius 1 is 1.46 bits per heavy atom. The number of hydrogen-bond donors (Lipinski definition) is 1. The molecule has 0 amide bonds. The molecule has 1 saturated carbocycles. The van der Waals surface area contributed by atoms with Gasteiger partial charge >= 0.3 is 0 Å². The topological polar surface area (TPSA) is 29.3 Å².